The fourth-order valence-electron chi connectivity index (χ4n) is 3.88. The van der Waals surface area contributed by atoms with Gasteiger partial charge in [-0.2, -0.15) is 0 Å². The molecule has 2 aliphatic heterocycles. The fraction of sp³-hybridized carbons (Fsp3) is 0.706. The molecule has 0 bridgehead atoms. The van der Waals surface area contributed by atoms with Gasteiger partial charge in [0.2, 0.25) is 5.91 Å². The van der Waals surface area contributed by atoms with Crippen LogP contribution in [0.25, 0.3) is 0 Å². The summed E-state index contributed by atoms with van der Waals surface area (Å²) in [6.45, 7) is 8.58. The number of aryl methyl sites for hydroxylation is 2. The molecule has 1 aromatic rings. The number of amides is 1. The Morgan fingerprint density at radius 2 is 1.87 bits per heavy atom. The molecule has 0 aliphatic carbocycles. The standard InChI is InChI=1S/C17H26N4O2/c1-10-11(2)19-12(3)20-17(10)21-7-4-13(5-8-21)15-14(16(18)22)6-9-23-15/h13-15H,4-9H2,1-3H3,(H2,18,22)/t14-,15+/m0/s1. The van der Waals surface area contributed by atoms with E-state index in [0.717, 1.165) is 55.3 Å². The summed E-state index contributed by atoms with van der Waals surface area (Å²) in [5.41, 5.74) is 7.72. The molecule has 0 radical (unpaired) electrons. The Labute approximate surface area is 137 Å². The van der Waals surface area contributed by atoms with Gasteiger partial charge in [-0.3, -0.25) is 4.79 Å². The number of nitrogens with two attached hydrogens (primary N) is 1. The second-order valence-corrected chi connectivity index (χ2v) is 6.76. The highest BCUT2D eigenvalue weighted by molar-refractivity contribution is 5.77. The largest absolute Gasteiger partial charge is 0.377 e. The number of ether oxygens (including phenoxy) is 1. The number of aromatic nitrogens is 2. The van der Waals surface area contributed by atoms with Crippen LogP contribution < -0.4 is 10.6 Å². The lowest BCUT2D eigenvalue weighted by atomic mass is 9.84. The Bertz CT molecular complexity index is 597. The van der Waals surface area contributed by atoms with Gasteiger partial charge in [-0.15, -0.1) is 0 Å². The van der Waals surface area contributed by atoms with Crippen molar-refractivity contribution in [3.63, 3.8) is 0 Å². The van der Waals surface area contributed by atoms with Gasteiger partial charge in [0.25, 0.3) is 0 Å². The maximum Gasteiger partial charge on any atom is 0.223 e. The summed E-state index contributed by atoms with van der Waals surface area (Å²) in [6.07, 6.45) is 2.79. The van der Waals surface area contributed by atoms with Gasteiger partial charge in [0.05, 0.1) is 12.0 Å². The minimum Gasteiger partial charge on any atom is -0.377 e. The first kappa shape index (κ1) is 16.2. The third kappa shape index (κ3) is 3.17. The van der Waals surface area contributed by atoms with Gasteiger partial charge in [0, 0.05) is 31.0 Å². The number of hydrogen-bond donors (Lipinski definition) is 1. The van der Waals surface area contributed by atoms with Crippen LogP contribution in [0.4, 0.5) is 5.82 Å². The van der Waals surface area contributed by atoms with Gasteiger partial charge in [-0.05, 0) is 46.0 Å². The van der Waals surface area contributed by atoms with E-state index >= 15 is 0 Å². The van der Waals surface area contributed by atoms with Crippen LogP contribution in [0.3, 0.4) is 0 Å². The molecule has 2 aliphatic rings. The van der Waals surface area contributed by atoms with Crippen LogP contribution >= 0.6 is 0 Å². The normalized spacial score (nSPS) is 25.8. The molecule has 23 heavy (non-hydrogen) atoms. The van der Waals surface area contributed by atoms with Crippen molar-refractivity contribution in [3.8, 4) is 0 Å². The second-order valence-electron chi connectivity index (χ2n) is 6.76. The van der Waals surface area contributed by atoms with Gasteiger partial charge in [0.15, 0.2) is 0 Å². The molecule has 1 aromatic heterocycles. The number of anilines is 1. The lowest BCUT2D eigenvalue weighted by Gasteiger charge is -2.37. The van der Waals surface area contributed by atoms with Crippen LogP contribution in [0.15, 0.2) is 0 Å². The number of carbonyl (C=O) groups excluding carboxylic acids is 1. The van der Waals surface area contributed by atoms with Crippen LogP contribution in [-0.4, -0.2) is 41.7 Å². The molecule has 2 N–H and O–H groups in total. The molecule has 6 heteroatoms. The number of rotatable bonds is 3. The van der Waals surface area contributed by atoms with Gasteiger partial charge >= 0.3 is 0 Å². The van der Waals surface area contributed by atoms with Gasteiger partial charge < -0.3 is 15.4 Å². The summed E-state index contributed by atoms with van der Waals surface area (Å²) < 4.78 is 5.82. The Morgan fingerprint density at radius 1 is 1.17 bits per heavy atom. The highest BCUT2D eigenvalue weighted by atomic mass is 16.5. The molecular formula is C17H26N4O2. The van der Waals surface area contributed by atoms with E-state index in [1.165, 1.54) is 0 Å². The predicted molar refractivity (Wildman–Crippen MR) is 88.2 cm³/mol. The van der Waals surface area contributed by atoms with Crippen molar-refractivity contribution in [2.24, 2.45) is 17.6 Å². The number of nitrogens with zero attached hydrogens (tertiary/aromatic N) is 3. The summed E-state index contributed by atoms with van der Waals surface area (Å²) in [5.74, 6) is 1.95. The van der Waals surface area contributed by atoms with Crippen molar-refractivity contribution in [2.45, 2.75) is 46.1 Å². The number of carbonyl (C=O) groups is 1. The molecule has 6 nitrogen and oxygen atoms in total. The zero-order valence-corrected chi connectivity index (χ0v) is 14.2. The van der Waals surface area contributed by atoms with Crippen LogP contribution in [0.2, 0.25) is 0 Å². The van der Waals surface area contributed by atoms with E-state index < -0.39 is 0 Å². The SMILES string of the molecule is Cc1nc(C)c(C)c(N2CCC([C@H]3OCC[C@@H]3C(N)=O)CC2)n1. The summed E-state index contributed by atoms with van der Waals surface area (Å²) in [5, 5.41) is 0. The van der Waals surface area contributed by atoms with E-state index in [2.05, 4.69) is 21.8 Å². The number of hydrogen-bond acceptors (Lipinski definition) is 5. The van der Waals surface area contributed by atoms with Crippen molar-refractivity contribution in [1.29, 1.82) is 0 Å². The zero-order chi connectivity index (χ0) is 16.6. The van der Waals surface area contributed by atoms with E-state index in [1.807, 2.05) is 13.8 Å². The molecule has 0 unspecified atom stereocenters. The Hall–Kier alpha value is -1.69. The molecule has 3 rings (SSSR count). The Morgan fingerprint density at radius 3 is 2.52 bits per heavy atom. The smallest absolute Gasteiger partial charge is 0.223 e. The number of primary amides is 1. The molecule has 1 amide bonds. The highest BCUT2D eigenvalue weighted by Crippen LogP contribution is 2.34. The van der Waals surface area contributed by atoms with Gasteiger partial charge in [0.1, 0.15) is 11.6 Å². The van der Waals surface area contributed by atoms with Gasteiger partial charge in [-0.25, -0.2) is 9.97 Å². The Kier molecular flexibility index (Phi) is 4.53. The quantitative estimate of drug-likeness (QED) is 0.913. The molecular weight excluding hydrogens is 292 g/mol. The first-order valence-electron chi connectivity index (χ1n) is 8.45. The monoisotopic (exact) mass is 318 g/mol. The van der Waals surface area contributed by atoms with Crippen molar-refractivity contribution in [3.05, 3.63) is 17.1 Å². The molecule has 0 spiro atoms. The molecule has 3 heterocycles. The van der Waals surface area contributed by atoms with E-state index in [0.29, 0.717) is 12.5 Å². The molecule has 126 valence electrons. The highest BCUT2D eigenvalue weighted by Gasteiger charge is 2.39. The first-order valence-corrected chi connectivity index (χ1v) is 8.45. The van der Waals surface area contributed by atoms with Crippen molar-refractivity contribution < 1.29 is 9.53 Å². The van der Waals surface area contributed by atoms with Gasteiger partial charge in [-0.1, -0.05) is 0 Å². The van der Waals surface area contributed by atoms with Crippen molar-refractivity contribution in [1.82, 2.24) is 9.97 Å². The summed E-state index contributed by atoms with van der Waals surface area (Å²) in [7, 11) is 0. The predicted octanol–water partition coefficient (Wildman–Crippen LogP) is 1.51. The van der Waals surface area contributed by atoms with E-state index in [9.17, 15) is 4.79 Å². The van der Waals surface area contributed by atoms with Crippen LogP contribution in [0.1, 0.15) is 36.3 Å². The third-order valence-electron chi connectivity index (χ3n) is 5.28. The molecule has 0 saturated carbocycles. The maximum atomic E-state index is 11.6. The molecule has 2 saturated heterocycles. The lowest BCUT2D eigenvalue weighted by Crippen LogP contribution is -2.42. The molecule has 2 fully saturated rings. The van der Waals surface area contributed by atoms with E-state index in [1.54, 1.807) is 0 Å². The summed E-state index contributed by atoms with van der Waals surface area (Å²) in [4.78, 5) is 23.0. The number of piperidine rings is 1. The second kappa shape index (κ2) is 6.43. The van der Waals surface area contributed by atoms with Crippen molar-refractivity contribution >= 4 is 11.7 Å². The molecule has 0 aromatic carbocycles. The topological polar surface area (TPSA) is 81.3 Å². The van der Waals surface area contributed by atoms with E-state index in [-0.39, 0.29) is 17.9 Å². The van der Waals surface area contributed by atoms with Crippen LogP contribution in [-0.2, 0) is 9.53 Å². The minimum atomic E-state index is -0.215. The average Bonchev–Trinajstić information content (AvgIpc) is 3.01. The lowest BCUT2D eigenvalue weighted by molar-refractivity contribution is -0.124. The maximum absolute atomic E-state index is 11.6. The Balaban J connectivity index is 1.68. The molecule has 2 atom stereocenters. The third-order valence-corrected chi connectivity index (χ3v) is 5.28. The zero-order valence-electron chi connectivity index (χ0n) is 14.2. The van der Waals surface area contributed by atoms with Crippen LogP contribution in [0, 0.1) is 32.6 Å². The minimum absolute atomic E-state index is 0.00428. The van der Waals surface area contributed by atoms with E-state index in [4.69, 9.17) is 10.5 Å². The fourth-order valence-corrected chi connectivity index (χ4v) is 3.88. The average molecular weight is 318 g/mol. The summed E-state index contributed by atoms with van der Waals surface area (Å²) >= 11 is 0. The summed E-state index contributed by atoms with van der Waals surface area (Å²) in [6, 6.07) is 0. The van der Waals surface area contributed by atoms with Crippen molar-refractivity contribution in [2.75, 3.05) is 24.6 Å². The van der Waals surface area contributed by atoms with Crippen LogP contribution in [0.5, 0.6) is 0 Å². The first-order chi connectivity index (χ1) is 11.0.